The molecule has 1 aliphatic rings. The standard InChI is InChI=1S/C10H21NS/c1-9(2)4-3-5-12-8-10-6-11-7-10/h9-11H,3-8H2,1-2H3. The highest BCUT2D eigenvalue weighted by Gasteiger charge is 2.15. The van der Waals surface area contributed by atoms with Crippen LogP contribution in [-0.4, -0.2) is 24.6 Å². The van der Waals surface area contributed by atoms with Gasteiger partial charge >= 0.3 is 0 Å². The second-order valence-corrected chi connectivity index (χ2v) is 5.29. The van der Waals surface area contributed by atoms with Crippen molar-refractivity contribution in [3.8, 4) is 0 Å². The van der Waals surface area contributed by atoms with Crippen LogP contribution in [0.15, 0.2) is 0 Å². The van der Waals surface area contributed by atoms with Crippen LogP contribution < -0.4 is 5.32 Å². The van der Waals surface area contributed by atoms with Crippen LogP contribution in [0.3, 0.4) is 0 Å². The molecule has 1 aliphatic heterocycles. The molecule has 0 radical (unpaired) electrons. The number of hydrogen-bond acceptors (Lipinski definition) is 2. The highest BCUT2D eigenvalue weighted by molar-refractivity contribution is 7.99. The minimum Gasteiger partial charge on any atom is -0.316 e. The van der Waals surface area contributed by atoms with E-state index in [9.17, 15) is 0 Å². The fourth-order valence-electron chi connectivity index (χ4n) is 1.31. The highest BCUT2D eigenvalue weighted by Crippen LogP contribution is 2.15. The van der Waals surface area contributed by atoms with Gasteiger partial charge < -0.3 is 5.32 Å². The van der Waals surface area contributed by atoms with Gasteiger partial charge in [-0.15, -0.1) is 0 Å². The fourth-order valence-corrected chi connectivity index (χ4v) is 2.42. The van der Waals surface area contributed by atoms with E-state index in [1.165, 1.54) is 37.4 Å². The van der Waals surface area contributed by atoms with Gasteiger partial charge in [0.1, 0.15) is 0 Å². The summed E-state index contributed by atoms with van der Waals surface area (Å²) in [5.41, 5.74) is 0. The first kappa shape index (κ1) is 10.4. The van der Waals surface area contributed by atoms with Gasteiger partial charge in [-0.05, 0) is 42.9 Å². The SMILES string of the molecule is CC(C)CCCSCC1CNC1. The second-order valence-electron chi connectivity index (χ2n) is 4.14. The van der Waals surface area contributed by atoms with Crippen molar-refractivity contribution in [2.45, 2.75) is 26.7 Å². The molecule has 2 heteroatoms. The number of rotatable bonds is 6. The van der Waals surface area contributed by atoms with Gasteiger partial charge in [-0.1, -0.05) is 20.3 Å². The lowest BCUT2D eigenvalue weighted by atomic mass is 10.1. The van der Waals surface area contributed by atoms with E-state index in [0.717, 1.165) is 11.8 Å². The fraction of sp³-hybridized carbons (Fsp3) is 1.00. The zero-order valence-corrected chi connectivity index (χ0v) is 9.12. The summed E-state index contributed by atoms with van der Waals surface area (Å²) >= 11 is 2.14. The van der Waals surface area contributed by atoms with E-state index in [2.05, 4.69) is 30.9 Å². The van der Waals surface area contributed by atoms with Crippen molar-refractivity contribution in [3.05, 3.63) is 0 Å². The molecule has 0 aromatic carbocycles. The maximum Gasteiger partial charge on any atom is -0.0000326 e. The van der Waals surface area contributed by atoms with Crippen LogP contribution in [0.4, 0.5) is 0 Å². The number of thioether (sulfide) groups is 1. The van der Waals surface area contributed by atoms with Crippen LogP contribution in [0.25, 0.3) is 0 Å². The maximum atomic E-state index is 3.31. The van der Waals surface area contributed by atoms with Crippen LogP contribution in [0.5, 0.6) is 0 Å². The van der Waals surface area contributed by atoms with Crippen LogP contribution in [0, 0.1) is 11.8 Å². The average Bonchev–Trinajstić information content (AvgIpc) is 1.92. The predicted molar refractivity (Wildman–Crippen MR) is 57.8 cm³/mol. The van der Waals surface area contributed by atoms with Crippen molar-refractivity contribution < 1.29 is 0 Å². The molecular weight excluding hydrogens is 166 g/mol. The summed E-state index contributed by atoms with van der Waals surface area (Å²) in [6, 6.07) is 0. The monoisotopic (exact) mass is 187 g/mol. The number of hydrogen-bond donors (Lipinski definition) is 1. The molecule has 1 saturated heterocycles. The minimum atomic E-state index is 0.885. The first-order valence-corrected chi connectivity index (χ1v) is 6.23. The Hall–Kier alpha value is 0.310. The molecule has 0 saturated carbocycles. The summed E-state index contributed by atoms with van der Waals surface area (Å²) in [4.78, 5) is 0. The molecule has 1 nitrogen and oxygen atoms in total. The molecule has 1 N–H and O–H groups in total. The molecular formula is C10H21NS. The molecule has 0 amide bonds. The molecule has 0 bridgehead atoms. The first-order valence-electron chi connectivity index (χ1n) is 5.07. The summed E-state index contributed by atoms with van der Waals surface area (Å²) in [5.74, 6) is 4.62. The summed E-state index contributed by atoms with van der Waals surface area (Å²) in [5, 5.41) is 3.31. The third-order valence-corrected chi connectivity index (χ3v) is 3.57. The highest BCUT2D eigenvalue weighted by atomic mass is 32.2. The Morgan fingerprint density at radius 1 is 1.42 bits per heavy atom. The van der Waals surface area contributed by atoms with Gasteiger partial charge in [0.15, 0.2) is 0 Å². The molecule has 0 spiro atoms. The minimum absolute atomic E-state index is 0.885. The van der Waals surface area contributed by atoms with Crippen LogP contribution in [-0.2, 0) is 0 Å². The maximum absolute atomic E-state index is 3.31. The quantitative estimate of drug-likeness (QED) is 0.641. The van der Waals surface area contributed by atoms with Gasteiger partial charge in [-0.2, -0.15) is 11.8 Å². The second kappa shape index (κ2) is 5.87. The molecule has 0 aromatic heterocycles. The Morgan fingerprint density at radius 3 is 2.67 bits per heavy atom. The Balaban J connectivity index is 1.76. The van der Waals surface area contributed by atoms with Gasteiger partial charge in [0.25, 0.3) is 0 Å². The normalized spacial score (nSPS) is 18.2. The van der Waals surface area contributed by atoms with Gasteiger partial charge in [0.2, 0.25) is 0 Å². The van der Waals surface area contributed by atoms with Crippen molar-refractivity contribution in [3.63, 3.8) is 0 Å². The van der Waals surface area contributed by atoms with Crippen molar-refractivity contribution >= 4 is 11.8 Å². The van der Waals surface area contributed by atoms with Gasteiger partial charge in [-0.3, -0.25) is 0 Å². The van der Waals surface area contributed by atoms with Gasteiger partial charge in [-0.25, -0.2) is 0 Å². The Bertz CT molecular complexity index is 110. The largest absolute Gasteiger partial charge is 0.316 e. The van der Waals surface area contributed by atoms with E-state index in [1.54, 1.807) is 0 Å². The van der Waals surface area contributed by atoms with Crippen molar-refractivity contribution in [1.29, 1.82) is 0 Å². The molecule has 0 atom stereocenters. The third-order valence-electron chi connectivity index (χ3n) is 2.29. The first-order chi connectivity index (χ1) is 5.79. The lowest BCUT2D eigenvalue weighted by Gasteiger charge is -2.26. The zero-order chi connectivity index (χ0) is 8.81. The average molecular weight is 187 g/mol. The van der Waals surface area contributed by atoms with E-state index < -0.39 is 0 Å². The lowest BCUT2D eigenvalue weighted by molar-refractivity contribution is 0.385. The molecule has 0 unspecified atom stereocenters. The molecule has 1 fully saturated rings. The number of nitrogens with one attached hydrogen (secondary N) is 1. The van der Waals surface area contributed by atoms with Crippen LogP contribution in [0.1, 0.15) is 26.7 Å². The van der Waals surface area contributed by atoms with E-state index in [1.807, 2.05) is 0 Å². The van der Waals surface area contributed by atoms with Crippen molar-refractivity contribution in [1.82, 2.24) is 5.32 Å². The molecule has 1 heterocycles. The lowest BCUT2D eigenvalue weighted by Crippen LogP contribution is -2.43. The predicted octanol–water partition coefficient (Wildman–Crippen LogP) is 2.38. The van der Waals surface area contributed by atoms with Gasteiger partial charge in [0.05, 0.1) is 0 Å². The van der Waals surface area contributed by atoms with Crippen molar-refractivity contribution in [2.24, 2.45) is 11.8 Å². The summed E-state index contributed by atoms with van der Waals surface area (Å²) in [7, 11) is 0. The topological polar surface area (TPSA) is 12.0 Å². The molecule has 0 aromatic rings. The Kier molecular flexibility index (Phi) is 5.08. The summed E-state index contributed by atoms with van der Waals surface area (Å²) < 4.78 is 0. The Morgan fingerprint density at radius 2 is 2.17 bits per heavy atom. The molecule has 12 heavy (non-hydrogen) atoms. The summed E-state index contributed by atoms with van der Waals surface area (Å²) in [6.07, 6.45) is 2.80. The van der Waals surface area contributed by atoms with Gasteiger partial charge in [0, 0.05) is 0 Å². The molecule has 72 valence electrons. The molecule has 0 aliphatic carbocycles. The third kappa shape index (κ3) is 4.36. The van der Waals surface area contributed by atoms with Crippen LogP contribution in [0.2, 0.25) is 0 Å². The van der Waals surface area contributed by atoms with Crippen molar-refractivity contribution in [2.75, 3.05) is 24.6 Å². The summed E-state index contributed by atoms with van der Waals surface area (Å²) in [6.45, 7) is 7.13. The van der Waals surface area contributed by atoms with E-state index in [0.29, 0.717) is 0 Å². The molecule has 1 rings (SSSR count). The van der Waals surface area contributed by atoms with Crippen LogP contribution >= 0.6 is 11.8 Å². The zero-order valence-electron chi connectivity index (χ0n) is 8.31. The van der Waals surface area contributed by atoms with E-state index >= 15 is 0 Å². The smallest absolute Gasteiger partial charge is 0.0000326 e. The Labute approximate surface area is 80.7 Å². The van der Waals surface area contributed by atoms with E-state index in [4.69, 9.17) is 0 Å². The van der Waals surface area contributed by atoms with E-state index in [-0.39, 0.29) is 0 Å².